The van der Waals surface area contributed by atoms with Gasteiger partial charge in [-0.05, 0) is 37.3 Å². The van der Waals surface area contributed by atoms with Gasteiger partial charge in [0, 0.05) is 5.56 Å². The van der Waals surface area contributed by atoms with Crippen molar-refractivity contribution >= 4 is 11.6 Å². The van der Waals surface area contributed by atoms with Crippen molar-refractivity contribution in [2.24, 2.45) is 5.10 Å². The van der Waals surface area contributed by atoms with Gasteiger partial charge in [0.2, 0.25) is 0 Å². The van der Waals surface area contributed by atoms with Crippen LogP contribution in [0.3, 0.4) is 0 Å². The molecule has 2 aromatic rings. The molecule has 0 fully saturated rings. The highest BCUT2D eigenvalue weighted by atomic mass is 16.5. The number of hydrogen-bond donors (Lipinski definition) is 1. The lowest BCUT2D eigenvalue weighted by atomic mass is 10.1. The maximum atomic E-state index is 12.2. The summed E-state index contributed by atoms with van der Waals surface area (Å²) < 4.78 is 15.6. The monoisotopic (exact) mass is 328 g/mol. The highest BCUT2D eigenvalue weighted by Gasteiger charge is 2.11. The lowest BCUT2D eigenvalue weighted by molar-refractivity contribution is 0.0952. The van der Waals surface area contributed by atoms with Gasteiger partial charge in [-0.1, -0.05) is 12.1 Å². The summed E-state index contributed by atoms with van der Waals surface area (Å²) in [5.41, 5.74) is 4.41. The Labute approximate surface area is 141 Å². The molecule has 1 N–H and O–H groups in total. The number of ether oxygens (including phenoxy) is 3. The molecular formula is C18H20N2O4. The van der Waals surface area contributed by atoms with E-state index in [1.54, 1.807) is 57.5 Å². The molecule has 6 heteroatoms. The van der Waals surface area contributed by atoms with E-state index < -0.39 is 0 Å². The summed E-state index contributed by atoms with van der Waals surface area (Å²) in [6.07, 6.45) is 0. The van der Waals surface area contributed by atoms with E-state index in [1.807, 2.05) is 6.07 Å². The van der Waals surface area contributed by atoms with Crippen molar-refractivity contribution in [1.29, 1.82) is 0 Å². The third kappa shape index (κ3) is 3.84. The lowest BCUT2D eigenvalue weighted by Gasteiger charge is -2.10. The van der Waals surface area contributed by atoms with Crippen LogP contribution in [0.15, 0.2) is 47.6 Å². The van der Waals surface area contributed by atoms with E-state index in [1.165, 1.54) is 7.11 Å². The molecule has 0 unspecified atom stereocenters. The molecule has 1 amide bonds. The Hall–Kier alpha value is -3.02. The summed E-state index contributed by atoms with van der Waals surface area (Å²) in [5, 5.41) is 4.14. The molecule has 0 saturated heterocycles. The number of benzene rings is 2. The molecule has 0 aliphatic carbocycles. The molecule has 0 aliphatic rings. The summed E-state index contributed by atoms with van der Waals surface area (Å²) >= 11 is 0. The number of methoxy groups -OCH3 is 3. The van der Waals surface area contributed by atoms with Gasteiger partial charge in [0.05, 0.1) is 32.6 Å². The number of rotatable bonds is 6. The molecule has 0 saturated carbocycles. The number of para-hydroxylation sites is 1. The largest absolute Gasteiger partial charge is 0.496 e. The molecule has 0 heterocycles. The number of nitrogens with one attached hydrogen (secondary N) is 1. The SMILES string of the molecule is COc1ccc(C(C)=NNC(=O)c2ccccc2OC)cc1OC. The van der Waals surface area contributed by atoms with Crippen LogP contribution in [-0.4, -0.2) is 32.9 Å². The number of amides is 1. The van der Waals surface area contributed by atoms with Crippen molar-refractivity contribution < 1.29 is 19.0 Å². The summed E-state index contributed by atoms with van der Waals surface area (Å²) in [5.74, 6) is 1.38. The first-order chi connectivity index (χ1) is 11.6. The number of hydrazone groups is 1. The minimum absolute atomic E-state index is 0.340. The molecule has 6 nitrogen and oxygen atoms in total. The van der Waals surface area contributed by atoms with Gasteiger partial charge in [0.25, 0.3) is 5.91 Å². The Balaban J connectivity index is 2.18. The van der Waals surface area contributed by atoms with Crippen molar-refractivity contribution in [1.82, 2.24) is 5.43 Å². The van der Waals surface area contributed by atoms with Crippen LogP contribution in [0.5, 0.6) is 17.2 Å². The standard InChI is InChI=1S/C18H20N2O4/c1-12(13-9-10-16(23-3)17(11-13)24-4)19-20-18(21)14-7-5-6-8-15(14)22-2/h5-11H,1-4H3,(H,20,21). The summed E-state index contributed by atoms with van der Waals surface area (Å²) in [4.78, 5) is 12.2. The van der Waals surface area contributed by atoms with Gasteiger partial charge >= 0.3 is 0 Å². The summed E-state index contributed by atoms with van der Waals surface area (Å²) in [6.45, 7) is 1.80. The Kier molecular flexibility index (Phi) is 5.78. The second-order valence-corrected chi connectivity index (χ2v) is 4.91. The number of nitrogens with zero attached hydrogens (tertiary/aromatic N) is 1. The fraction of sp³-hybridized carbons (Fsp3) is 0.222. The van der Waals surface area contributed by atoms with Crippen molar-refractivity contribution in [3.8, 4) is 17.2 Å². The maximum absolute atomic E-state index is 12.2. The van der Waals surface area contributed by atoms with E-state index in [0.29, 0.717) is 28.5 Å². The molecule has 0 aromatic heterocycles. The minimum Gasteiger partial charge on any atom is -0.496 e. The molecule has 0 spiro atoms. The molecular weight excluding hydrogens is 308 g/mol. The zero-order valence-electron chi connectivity index (χ0n) is 14.1. The predicted molar refractivity (Wildman–Crippen MR) is 92.2 cm³/mol. The average Bonchev–Trinajstić information content (AvgIpc) is 2.64. The zero-order chi connectivity index (χ0) is 17.5. The highest BCUT2D eigenvalue weighted by molar-refractivity contribution is 6.02. The van der Waals surface area contributed by atoms with Gasteiger partial charge < -0.3 is 14.2 Å². The second-order valence-electron chi connectivity index (χ2n) is 4.91. The highest BCUT2D eigenvalue weighted by Crippen LogP contribution is 2.27. The van der Waals surface area contributed by atoms with Crippen LogP contribution in [-0.2, 0) is 0 Å². The Morgan fingerprint density at radius 3 is 2.25 bits per heavy atom. The molecule has 2 rings (SSSR count). The molecule has 126 valence electrons. The van der Waals surface area contributed by atoms with Crippen molar-refractivity contribution in [3.63, 3.8) is 0 Å². The average molecular weight is 328 g/mol. The Morgan fingerprint density at radius 1 is 0.917 bits per heavy atom. The third-order valence-electron chi connectivity index (χ3n) is 3.48. The molecule has 24 heavy (non-hydrogen) atoms. The van der Waals surface area contributed by atoms with Gasteiger partial charge in [-0.25, -0.2) is 5.43 Å². The number of carbonyl (C=O) groups excluding carboxylic acids is 1. The van der Waals surface area contributed by atoms with Crippen LogP contribution in [0.25, 0.3) is 0 Å². The quantitative estimate of drug-likeness (QED) is 0.654. The Morgan fingerprint density at radius 2 is 1.58 bits per heavy atom. The predicted octanol–water partition coefficient (Wildman–Crippen LogP) is 2.87. The fourth-order valence-electron chi connectivity index (χ4n) is 2.15. The molecule has 0 aliphatic heterocycles. The van der Waals surface area contributed by atoms with Crippen molar-refractivity contribution in [3.05, 3.63) is 53.6 Å². The van der Waals surface area contributed by atoms with Crippen LogP contribution in [0.1, 0.15) is 22.8 Å². The molecule has 0 radical (unpaired) electrons. The molecule has 0 atom stereocenters. The first-order valence-corrected chi connectivity index (χ1v) is 7.30. The van der Waals surface area contributed by atoms with E-state index in [4.69, 9.17) is 14.2 Å². The van der Waals surface area contributed by atoms with Crippen LogP contribution in [0, 0.1) is 0 Å². The van der Waals surface area contributed by atoms with Crippen LogP contribution < -0.4 is 19.6 Å². The van der Waals surface area contributed by atoms with E-state index in [-0.39, 0.29) is 5.91 Å². The first-order valence-electron chi connectivity index (χ1n) is 7.30. The molecule has 0 bridgehead atoms. The van der Waals surface area contributed by atoms with E-state index in [2.05, 4.69) is 10.5 Å². The van der Waals surface area contributed by atoms with Gasteiger partial charge in [0.15, 0.2) is 11.5 Å². The normalized spacial score (nSPS) is 10.9. The van der Waals surface area contributed by atoms with Crippen molar-refractivity contribution in [2.75, 3.05) is 21.3 Å². The van der Waals surface area contributed by atoms with Crippen LogP contribution >= 0.6 is 0 Å². The van der Waals surface area contributed by atoms with Crippen molar-refractivity contribution in [2.45, 2.75) is 6.92 Å². The van der Waals surface area contributed by atoms with Gasteiger partial charge in [-0.3, -0.25) is 4.79 Å². The third-order valence-corrected chi connectivity index (χ3v) is 3.48. The lowest BCUT2D eigenvalue weighted by Crippen LogP contribution is -2.20. The summed E-state index contributed by atoms with van der Waals surface area (Å²) in [7, 11) is 4.66. The van der Waals surface area contributed by atoms with Gasteiger partial charge in [-0.2, -0.15) is 5.10 Å². The fourth-order valence-corrected chi connectivity index (χ4v) is 2.15. The zero-order valence-corrected chi connectivity index (χ0v) is 14.1. The number of hydrogen-bond acceptors (Lipinski definition) is 5. The molecule has 2 aromatic carbocycles. The summed E-state index contributed by atoms with van der Waals surface area (Å²) in [6, 6.07) is 12.4. The maximum Gasteiger partial charge on any atom is 0.275 e. The van der Waals surface area contributed by atoms with E-state index >= 15 is 0 Å². The van der Waals surface area contributed by atoms with E-state index in [9.17, 15) is 4.79 Å². The Bertz CT molecular complexity index is 756. The topological polar surface area (TPSA) is 69.2 Å². The van der Waals surface area contributed by atoms with E-state index in [0.717, 1.165) is 5.56 Å². The van der Waals surface area contributed by atoms with Crippen LogP contribution in [0.4, 0.5) is 0 Å². The smallest absolute Gasteiger partial charge is 0.275 e. The second kappa shape index (κ2) is 8.01. The van der Waals surface area contributed by atoms with Gasteiger partial charge in [-0.15, -0.1) is 0 Å². The minimum atomic E-state index is -0.340. The first kappa shape index (κ1) is 17.3. The van der Waals surface area contributed by atoms with Crippen LogP contribution in [0.2, 0.25) is 0 Å². The number of carbonyl (C=O) groups is 1. The van der Waals surface area contributed by atoms with Gasteiger partial charge in [0.1, 0.15) is 5.75 Å².